The highest BCUT2D eigenvalue weighted by Crippen LogP contribution is 1.58. The Morgan fingerprint density at radius 2 is 2.43 bits per heavy atom. The van der Waals surface area contributed by atoms with Gasteiger partial charge in [-0.1, -0.05) is 0 Å². The summed E-state index contributed by atoms with van der Waals surface area (Å²) in [5.41, 5.74) is 1.04. The maximum absolute atomic E-state index is 9.60. The van der Waals surface area contributed by atoms with E-state index < -0.39 is 5.97 Å². The second kappa shape index (κ2) is 3.26. The first-order chi connectivity index (χ1) is 3.31. The number of carbonyl (C=O) groups is 2. The third kappa shape index (κ3) is 2.87. The SMILES string of the molecule is O=CC(=O)ONO. The van der Waals surface area contributed by atoms with Gasteiger partial charge in [-0.2, -0.15) is 0 Å². The normalized spacial score (nSPS) is 7.57. The summed E-state index contributed by atoms with van der Waals surface area (Å²) in [4.78, 5) is 22.4. The van der Waals surface area contributed by atoms with Crippen molar-refractivity contribution in [2.24, 2.45) is 0 Å². The minimum Gasteiger partial charge on any atom is -0.338 e. The van der Waals surface area contributed by atoms with Gasteiger partial charge in [0.2, 0.25) is 6.29 Å². The standard InChI is InChI=1S/C2H3NO4/c4-1-2(5)7-3-6/h1,3,6H. The first-order valence-electron chi connectivity index (χ1n) is 1.36. The molecule has 0 aromatic heterocycles. The van der Waals surface area contributed by atoms with Crippen LogP contribution in [0.1, 0.15) is 0 Å². The van der Waals surface area contributed by atoms with E-state index in [1.54, 1.807) is 0 Å². The summed E-state index contributed by atoms with van der Waals surface area (Å²) in [6, 6.07) is 0. The summed E-state index contributed by atoms with van der Waals surface area (Å²) >= 11 is 0. The highest BCUT2D eigenvalue weighted by molar-refractivity contribution is 6.20. The van der Waals surface area contributed by atoms with Gasteiger partial charge < -0.3 is 4.84 Å². The van der Waals surface area contributed by atoms with Crippen molar-refractivity contribution in [3.63, 3.8) is 0 Å². The van der Waals surface area contributed by atoms with Crippen molar-refractivity contribution in [3.8, 4) is 0 Å². The summed E-state index contributed by atoms with van der Waals surface area (Å²) < 4.78 is 0. The van der Waals surface area contributed by atoms with Gasteiger partial charge in [0, 0.05) is 0 Å². The molecule has 0 radical (unpaired) electrons. The Balaban J connectivity index is 3.17. The molecule has 0 aromatic rings. The number of nitrogens with one attached hydrogen (secondary N) is 1. The molecule has 2 N–H and O–H groups in total. The molecule has 0 bridgehead atoms. The van der Waals surface area contributed by atoms with Gasteiger partial charge in [0.05, 0.1) is 0 Å². The molecule has 0 aliphatic carbocycles. The average Bonchev–Trinajstić information content (AvgIpc) is 1.68. The molecule has 40 valence electrons. The molecule has 0 rings (SSSR count). The van der Waals surface area contributed by atoms with Crippen molar-refractivity contribution in [3.05, 3.63) is 0 Å². The summed E-state index contributed by atoms with van der Waals surface area (Å²) in [5, 5.41) is 7.52. The molecule has 0 spiro atoms. The van der Waals surface area contributed by atoms with Crippen LogP contribution in [0.25, 0.3) is 0 Å². The first-order valence-corrected chi connectivity index (χ1v) is 1.36. The summed E-state index contributed by atoms with van der Waals surface area (Å²) in [6.07, 6.45) is -0.0801. The second-order valence-electron chi connectivity index (χ2n) is 0.630. The van der Waals surface area contributed by atoms with Crippen molar-refractivity contribution >= 4 is 12.3 Å². The smallest absolute Gasteiger partial charge is 0.338 e. The molecule has 7 heavy (non-hydrogen) atoms. The number of rotatable bonds is 2. The van der Waals surface area contributed by atoms with E-state index in [-0.39, 0.29) is 6.29 Å². The van der Waals surface area contributed by atoms with Gasteiger partial charge in [-0.3, -0.25) is 10.0 Å². The van der Waals surface area contributed by atoms with Crippen LogP contribution in [-0.2, 0) is 14.4 Å². The van der Waals surface area contributed by atoms with Crippen LogP contribution in [0.15, 0.2) is 0 Å². The maximum atomic E-state index is 9.60. The molecule has 0 fully saturated rings. The van der Waals surface area contributed by atoms with Crippen molar-refractivity contribution in [2.45, 2.75) is 0 Å². The molecule has 0 heterocycles. The molecule has 0 aromatic carbocycles. The van der Waals surface area contributed by atoms with E-state index in [4.69, 9.17) is 5.21 Å². The minimum atomic E-state index is -1.16. The highest BCUT2D eigenvalue weighted by atomic mass is 16.9. The predicted molar refractivity (Wildman–Crippen MR) is 17.1 cm³/mol. The lowest BCUT2D eigenvalue weighted by Crippen LogP contribution is -2.15. The van der Waals surface area contributed by atoms with E-state index in [9.17, 15) is 9.59 Å². The Kier molecular flexibility index (Phi) is 2.82. The van der Waals surface area contributed by atoms with Gasteiger partial charge in [0.15, 0.2) is 0 Å². The number of hydrogen-bond donors (Lipinski definition) is 2. The van der Waals surface area contributed by atoms with Crippen LogP contribution in [0.2, 0.25) is 0 Å². The Bertz CT molecular complexity index is 79.8. The highest BCUT2D eigenvalue weighted by Gasteiger charge is 1.93. The van der Waals surface area contributed by atoms with Crippen molar-refractivity contribution in [1.82, 2.24) is 5.64 Å². The molecule has 0 aliphatic heterocycles. The monoisotopic (exact) mass is 105 g/mol. The van der Waals surface area contributed by atoms with E-state index in [1.165, 1.54) is 0 Å². The van der Waals surface area contributed by atoms with Crippen LogP contribution in [-0.4, -0.2) is 17.5 Å². The molecule has 0 amide bonds. The molecule has 0 unspecified atom stereocenters. The topological polar surface area (TPSA) is 75.6 Å². The summed E-state index contributed by atoms with van der Waals surface area (Å²) in [5.74, 6) is -1.16. The fourth-order valence-electron chi connectivity index (χ4n) is 0.0690. The summed E-state index contributed by atoms with van der Waals surface area (Å²) in [7, 11) is 0. The number of carbonyl (C=O) groups excluding carboxylic acids is 2. The van der Waals surface area contributed by atoms with Crippen LogP contribution in [0.5, 0.6) is 0 Å². The molecule has 5 heteroatoms. The lowest BCUT2D eigenvalue weighted by atomic mass is 10.8. The van der Waals surface area contributed by atoms with Gasteiger partial charge in [-0.05, 0) is 5.64 Å². The molecule has 0 saturated carbocycles. The van der Waals surface area contributed by atoms with Gasteiger partial charge in [0.1, 0.15) is 0 Å². The zero-order valence-corrected chi connectivity index (χ0v) is 3.25. The zero-order chi connectivity index (χ0) is 5.70. The zero-order valence-electron chi connectivity index (χ0n) is 3.25. The van der Waals surface area contributed by atoms with E-state index in [0.29, 0.717) is 0 Å². The van der Waals surface area contributed by atoms with Crippen LogP contribution < -0.4 is 5.64 Å². The lowest BCUT2D eigenvalue weighted by molar-refractivity contribution is -0.176. The third-order valence-corrected chi connectivity index (χ3v) is 0.242. The molecular weight excluding hydrogens is 102 g/mol. The molecule has 0 saturated heterocycles. The Morgan fingerprint density at radius 1 is 1.86 bits per heavy atom. The van der Waals surface area contributed by atoms with E-state index in [0.717, 1.165) is 5.64 Å². The predicted octanol–water partition coefficient (Wildman–Crippen LogP) is -1.38. The fourth-order valence-corrected chi connectivity index (χ4v) is 0.0690. The molecule has 5 nitrogen and oxygen atoms in total. The van der Waals surface area contributed by atoms with Crippen molar-refractivity contribution < 1.29 is 19.6 Å². The summed E-state index contributed by atoms with van der Waals surface area (Å²) in [6.45, 7) is 0. The number of aldehydes is 1. The Hall–Kier alpha value is -0.940. The third-order valence-electron chi connectivity index (χ3n) is 0.242. The van der Waals surface area contributed by atoms with E-state index in [1.807, 2.05) is 0 Å². The molecule has 0 aliphatic rings. The minimum absolute atomic E-state index is 0.0801. The van der Waals surface area contributed by atoms with Crippen LogP contribution in [0, 0.1) is 0 Å². The Labute approximate surface area is 38.8 Å². The van der Waals surface area contributed by atoms with E-state index >= 15 is 0 Å². The molecule has 0 atom stereocenters. The average molecular weight is 105 g/mol. The van der Waals surface area contributed by atoms with Crippen LogP contribution in [0.4, 0.5) is 0 Å². The quantitative estimate of drug-likeness (QED) is 0.257. The van der Waals surface area contributed by atoms with Crippen molar-refractivity contribution in [2.75, 3.05) is 0 Å². The Morgan fingerprint density at radius 3 is 2.57 bits per heavy atom. The second-order valence-corrected chi connectivity index (χ2v) is 0.630. The fraction of sp³-hybridized carbons (Fsp3) is 0. The van der Waals surface area contributed by atoms with Crippen LogP contribution >= 0.6 is 0 Å². The lowest BCUT2D eigenvalue weighted by Gasteiger charge is -1.87. The van der Waals surface area contributed by atoms with Gasteiger partial charge in [-0.15, -0.1) is 0 Å². The van der Waals surface area contributed by atoms with Gasteiger partial charge in [0.25, 0.3) is 0 Å². The first kappa shape index (κ1) is 6.06. The largest absolute Gasteiger partial charge is 0.391 e. The van der Waals surface area contributed by atoms with E-state index in [2.05, 4.69) is 4.84 Å². The van der Waals surface area contributed by atoms with Crippen molar-refractivity contribution in [1.29, 1.82) is 0 Å². The number of hydrogen-bond acceptors (Lipinski definition) is 5. The van der Waals surface area contributed by atoms with Gasteiger partial charge in [-0.25, -0.2) is 4.79 Å². The van der Waals surface area contributed by atoms with Gasteiger partial charge >= 0.3 is 5.97 Å². The van der Waals surface area contributed by atoms with Crippen LogP contribution in [0.3, 0.4) is 0 Å². The molecular formula is C2H3NO4. The maximum Gasteiger partial charge on any atom is 0.391 e.